The fourth-order valence-corrected chi connectivity index (χ4v) is 3.04. The molecule has 1 aromatic rings. The van der Waals surface area contributed by atoms with Crippen LogP contribution in [-0.4, -0.2) is 41.8 Å². The number of nitrogens with two attached hydrogens (primary N) is 1. The van der Waals surface area contributed by atoms with Crippen LogP contribution in [0.1, 0.15) is 24.4 Å². The quantitative estimate of drug-likeness (QED) is 0.831. The van der Waals surface area contributed by atoms with Gasteiger partial charge in [-0.25, -0.2) is 17.4 Å². The molecule has 1 aromatic heterocycles. The molecule has 96 valence electrons. The van der Waals surface area contributed by atoms with Gasteiger partial charge in [0.1, 0.15) is 5.82 Å². The predicted octanol–water partition coefficient (Wildman–Crippen LogP) is 0.370. The van der Waals surface area contributed by atoms with Gasteiger partial charge in [0.05, 0.1) is 18.5 Å². The van der Waals surface area contributed by atoms with E-state index in [-0.39, 0.29) is 6.04 Å². The largest absolute Gasteiger partial charge is 0.384 e. The van der Waals surface area contributed by atoms with E-state index in [4.69, 9.17) is 5.73 Å². The Balaban J connectivity index is 2.07. The molecule has 0 saturated carbocycles. The van der Waals surface area contributed by atoms with Crippen LogP contribution < -0.4 is 5.73 Å². The van der Waals surface area contributed by atoms with E-state index in [2.05, 4.69) is 5.10 Å². The van der Waals surface area contributed by atoms with Gasteiger partial charge in [0, 0.05) is 18.7 Å². The zero-order valence-corrected chi connectivity index (χ0v) is 10.9. The smallest absolute Gasteiger partial charge is 0.211 e. The summed E-state index contributed by atoms with van der Waals surface area (Å²) in [4.78, 5) is 0. The molecule has 6 nitrogen and oxygen atoms in total. The number of nitrogen functional groups attached to an aromatic ring is 1. The lowest BCUT2D eigenvalue weighted by atomic mass is 10.1. The number of hydrogen-bond acceptors (Lipinski definition) is 4. The molecule has 2 N–H and O–H groups in total. The molecule has 0 aromatic carbocycles. The monoisotopic (exact) mass is 258 g/mol. The van der Waals surface area contributed by atoms with E-state index in [0.717, 1.165) is 18.4 Å². The summed E-state index contributed by atoms with van der Waals surface area (Å²) in [5, 5.41) is 4.25. The molecule has 0 unspecified atom stereocenters. The first kappa shape index (κ1) is 12.4. The Morgan fingerprint density at radius 3 is 2.41 bits per heavy atom. The number of nitrogens with zero attached hydrogens (tertiary/aromatic N) is 3. The molecule has 0 radical (unpaired) electrons. The minimum Gasteiger partial charge on any atom is -0.384 e. The van der Waals surface area contributed by atoms with Crippen LogP contribution in [0.4, 0.5) is 5.82 Å². The maximum absolute atomic E-state index is 11.4. The minimum absolute atomic E-state index is 0.210. The van der Waals surface area contributed by atoms with Gasteiger partial charge in [-0.3, -0.25) is 0 Å². The van der Waals surface area contributed by atoms with Gasteiger partial charge in [0.15, 0.2) is 0 Å². The topological polar surface area (TPSA) is 81.2 Å². The van der Waals surface area contributed by atoms with Gasteiger partial charge in [0.25, 0.3) is 0 Å². The summed E-state index contributed by atoms with van der Waals surface area (Å²) in [6.07, 6.45) is 4.52. The van der Waals surface area contributed by atoms with Crippen molar-refractivity contribution >= 4 is 15.8 Å². The van der Waals surface area contributed by atoms with Crippen LogP contribution in [0.25, 0.3) is 0 Å². The van der Waals surface area contributed by atoms with Crippen LogP contribution in [0.3, 0.4) is 0 Å². The standard InChI is InChI=1S/C10H18N4O2S/c1-8-7-12-14(10(8)11)9-3-5-13(6-4-9)17(2,15)16/h7,9H,3-6,11H2,1-2H3. The summed E-state index contributed by atoms with van der Waals surface area (Å²) in [5.41, 5.74) is 6.89. The molecule has 0 aliphatic carbocycles. The molecule has 1 aliphatic rings. The number of aromatic nitrogens is 2. The Kier molecular flexibility index (Phi) is 3.13. The van der Waals surface area contributed by atoms with Crippen LogP contribution in [0.5, 0.6) is 0 Å². The van der Waals surface area contributed by atoms with Gasteiger partial charge in [-0.1, -0.05) is 0 Å². The van der Waals surface area contributed by atoms with Gasteiger partial charge in [-0.2, -0.15) is 5.10 Å². The van der Waals surface area contributed by atoms with Gasteiger partial charge in [-0.05, 0) is 19.8 Å². The van der Waals surface area contributed by atoms with Crippen molar-refractivity contribution in [1.82, 2.24) is 14.1 Å². The Morgan fingerprint density at radius 2 is 2.00 bits per heavy atom. The lowest BCUT2D eigenvalue weighted by Crippen LogP contribution is -2.38. The highest BCUT2D eigenvalue weighted by atomic mass is 32.2. The van der Waals surface area contributed by atoms with Crippen molar-refractivity contribution in [3.8, 4) is 0 Å². The van der Waals surface area contributed by atoms with Crippen LogP contribution in [0.15, 0.2) is 6.20 Å². The summed E-state index contributed by atoms with van der Waals surface area (Å²) in [6, 6.07) is 0.210. The molecule has 1 fully saturated rings. The summed E-state index contributed by atoms with van der Waals surface area (Å²) < 4.78 is 26.1. The van der Waals surface area contributed by atoms with E-state index < -0.39 is 10.0 Å². The van der Waals surface area contributed by atoms with E-state index in [1.165, 1.54) is 10.6 Å². The average molecular weight is 258 g/mol. The minimum atomic E-state index is -3.06. The third-order valence-electron chi connectivity index (χ3n) is 3.26. The van der Waals surface area contributed by atoms with Crippen molar-refractivity contribution in [2.45, 2.75) is 25.8 Å². The molecule has 1 aliphatic heterocycles. The van der Waals surface area contributed by atoms with E-state index in [9.17, 15) is 8.42 Å². The molecular formula is C10H18N4O2S. The molecular weight excluding hydrogens is 240 g/mol. The first-order valence-corrected chi connectivity index (χ1v) is 7.49. The van der Waals surface area contributed by atoms with Crippen molar-refractivity contribution < 1.29 is 8.42 Å². The van der Waals surface area contributed by atoms with Gasteiger partial charge in [0.2, 0.25) is 10.0 Å². The maximum Gasteiger partial charge on any atom is 0.211 e. The van der Waals surface area contributed by atoms with E-state index in [1.807, 2.05) is 11.6 Å². The predicted molar refractivity (Wildman–Crippen MR) is 66.1 cm³/mol. The fraction of sp³-hybridized carbons (Fsp3) is 0.700. The number of sulfonamides is 1. The molecule has 1 saturated heterocycles. The van der Waals surface area contributed by atoms with Crippen molar-refractivity contribution in [3.63, 3.8) is 0 Å². The maximum atomic E-state index is 11.4. The van der Waals surface area contributed by atoms with Crippen molar-refractivity contribution in [1.29, 1.82) is 0 Å². The molecule has 7 heteroatoms. The normalized spacial score (nSPS) is 19.6. The first-order chi connectivity index (χ1) is 7.89. The number of piperidine rings is 1. The first-order valence-electron chi connectivity index (χ1n) is 5.64. The SMILES string of the molecule is Cc1cnn(C2CCN(S(C)(=O)=O)CC2)c1N. The lowest BCUT2D eigenvalue weighted by Gasteiger charge is -2.30. The van der Waals surface area contributed by atoms with Crippen LogP contribution in [-0.2, 0) is 10.0 Å². The Hall–Kier alpha value is -1.08. The molecule has 2 heterocycles. The molecule has 0 atom stereocenters. The van der Waals surface area contributed by atoms with Gasteiger partial charge < -0.3 is 5.73 Å². The molecule has 2 rings (SSSR count). The lowest BCUT2D eigenvalue weighted by molar-refractivity contribution is 0.264. The number of aryl methyl sites for hydroxylation is 1. The summed E-state index contributed by atoms with van der Waals surface area (Å²) >= 11 is 0. The van der Waals surface area contributed by atoms with Gasteiger partial charge in [-0.15, -0.1) is 0 Å². The zero-order chi connectivity index (χ0) is 12.6. The highest BCUT2D eigenvalue weighted by Crippen LogP contribution is 2.26. The highest BCUT2D eigenvalue weighted by Gasteiger charge is 2.27. The van der Waals surface area contributed by atoms with Crippen LogP contribution >= 0.6 is 0 Å². The third kappa shape index (κ3) is 2.44. The third-order valence-corrected chi connectivity index (χ3v) is 4.57. The Morgan fingerprint density at radius 1 is 1.41 bits per heavy atom. The summed E-state index contributed by atoms with van der Waals surface area (Å²) in [5.74, 6) is 0.683. The van der Waals surface area contributed by atoms with Crippen molar-refractivity contribution in [2.24, 2.45) is 0 Å². The molecule has 17 heavy (non-hydrogen) atoms. The molecule has 0 spiro atoms. The van der Waals surface area contributed by atoms with E-state index >= 15 is 0 Å². The highest BCUT2D eigenvalue weighted by molar-refractivity contribution is 7.88. The molecule has 0 bridgehead atoms. The van der Waals surface area contributed by atoms with E-state index in [1.54, 1.807) is 6.20 Å². The number of rotatable bonds is 2. The van der Waals surface area contributed by atoms with Crippen molar-refractivity contribution in [3.05, 3.63) is 11.8 Å². The Labute approximate surface area is 101 Å². The summed E-state index contributed by atoms with van der Waals surface area (Å²) in [7, 11) is -3.06. The zero-order valence-electron chi connectivity index (χ0n) is 10.1. The van der Waals surface area contributed by atoms with Crippen LogP contribution in [0, 0.1) is 6.92 Å². The molecule has 0 amide bonds. The van der Waals surface area contributed by atoms with Crippen molar-refractivity contribution in [2.75, 3.05) is 25.1 Å². The fourth-order valence-electron chi connectivity index (χ4n) is 2.17. The Bertz CT molecular complexity index is 500. The second-order valence-electron chi connectivity index (χ2n) is 4.55. The van der Waals surface area contributed by atoms with E-state index in [0.29, 0.717) is 18.9 Å². The second-order valence-corrected chi connectivity index (χ2v) is 6.53. The number of anilines is 1. The van der Waals surface area contributed by atoms with Gasteiger partial charge >= 0.3 is 0 Å². The average Bonchev–Trinajstić information content (AvgIpc) is 2.59. The van der Waals surface area contributed by atoms with Crippen LogP contribution in [0.2, 0.25) is 0 Å². The number of hydrogen-bond donors (Lipinski definition) is 1. The summed E-state index contributed by atoms with van der Waals surface area (Å²) in [6.45, 7) is 3.01. The second kappa shape index (κ2) is 4.30.